The highest BCUT2D eigenvalue weighted by Crippen LogP contribution is 2.43. The van der Waals surface area contributed by atoms with Gasteiger partial charge in [-0.25, -0.2) is 9.97 Å². The molecule has 2 rings (SSSR count). The van der Waals surface area contributed by atoms with Gasteiger partial charge in [0.2, 0.25) is 0 Å². The Balaban J connectivity index is 2.30. The first-order valence-corrected chi connectivity index (χ1v) is 7.54. The summed E-state index contributed by atoms with van der Waals surface area (Å²) < 4.78 is 28.9. The van der Waals surface area contributed by atoms with Gasteiger partial charge in [0.1, 0.15) is 5.69 Å². The third-order valence-corrected chi connectivity index (χ3v) is 4.02. The van der Waals surface area contributed by atoms with Crippen molar-refractivity contribution in [1.82, 2.24) is 9.97 Å². The molecular formula is C13H18F2N2S. The Labute approximate surface area is 111 Å². The van der Waals surface area contributed by atoms with E-state index in [4.69, 9.17) is 0 Å². The Morgan fingerprint density at radius 1 is 1.22 bits per heavy atom. The van der Waals surface area contributed by atoms with Gasteiger partial charge in [0.15, 0.2) is 5.16 Å². The van der Waals surface area contributed by atoms with Gasteiger partial charge in [-0.05, 0) is 32.1 Å². The largest absolute Gasteiger partial charge is 0.292 e. The third-order valence-electron chi connectivity index (χ3n) is 3.48. The van der Waals surface area contributed by atoms with Crippen LogP contribution in [0.5, 0.6) is 0 Å². The minimum Gasteiger partial charge on any atom is -0.228 e. The zero-order chi connectivity index (χ0) is 13.2. The van der Waals surface area contributed by atoms with Crippen molar-refractivity contribution in [3.63, 3.8) is 0 Å². The molecule has 1 fully saturated rings. The second-order valence-corrected chi connectivity index (χ2v) is 5.61. The van der Waals surface area contributed by atoms with E-state index in [1.807, 2.05) is 0 Å². The first-order chi connectivity index (χ1) is 8.54. The SMILES string of the molecule is CSc1nc(C)cc(C(F)(F)C2CCCCC2)n1. The molecule has 1 aliphatic carbocycles. The summed E-state index contributed by atoms with van der Waals surface area (Å²) in [6.07, 6.45) is 5.89. The fourth-order valence-corrected chi connectivity index (χ4v) is 2.90. The van der Waals surface area contributed by atoms with Crippen LogP contribution < -0.4 is 0 Å². The van der Waals surface area contributed by atoms with Gasteiger partial charge in [0.05, 0.1) is 0 Å². The van der Waals surface area contributed by atoms with Crippen molar-refractivity contribution < 1.29 is 8.78 Å². The van der Waals surface area contributed by atoms with Gasteiger partial charge in [-0.2, -0.15) is 8.78 Å². The monoisotopic (exact) mass is 272 g/mol. The maximum atomic E-state index is 14.4. The van der Waals surface area contributed by atoms with Crippen molar-refractivity contribution in [2.45, 2.75) is 50.1 Å². The summed E-state index contributed by atoms with van der Waals surface area (Å²) in [6, 6.07) is 1.42. The molecule has 0 aliphatic heterocycles. The maximum absolute atomic E-state index is 14.4. The highest BCUT2D eigenvalue weighted by atomic mass is 32.2. The Morgan fingerprint density at radius 3 is 2.50 bits per heavy atom. The number of rotatable bonds is 3. The van der Waals surface area contributed by atoms with Crippen LogP contribution in [0.2, 0.25) is 0 Å². The van der Waals surface area contributed by atoms with Crippen molar-refractivity contribution in [3.8, 4) is 0 Å². The lowest BCUT2D eigenvalue weighted by Crippen LogP contribution is -2.29. The van der Waals surface area contributed by atoms with E-state index in [2.05, 4.69) is 9.97 Å². The molecule has 0 amide bonds. The Morgan fingerprint density at radius 2 is 1.89 bits per heavy atom. The number of aromatic nitrogens is 2. The molecule has 1 aromatic rings. The Kier molecular flexibility index (Phi) is 4.20. The summed E-state index contributed by atoms with van der Waals surface area (Å²) in [7, 11) is 0. The van der Waals surface area contributed by atoms with Crippen LogP contribution in [0.3, 0.4) is 0 Å². The molecule has 2 nitrogen and oxygen atoms in total. The normalized spacial score (nSPS) is 18.0. The van der Waals surface area contributed by atoms with Crippen LogP contribution >= 0.6 is 11.8 Å². The lowest BCUT2D eigenvalue weighted by Gasteiger charge is -2.29. The standard InChI is InChI=1S/C13H18F2N2S/c1-9-8-11(17-12(16-9)18-2)13(14,15)10-6-4-3-5-7-10/h8,10H,3-7H2,1-2H3. The highest BCUT2D eigenvalue weighted by molar-refractivity contribution is 7.98. The van der Waals surface area contributed by atoms with E-state index in [0.717, 1.165) is 19.3 Å². The number of aryl methyl sites for hydroxylation is 1. The summed E-state index contributed by atoms with van der Waals surface area (Å²) in [6.45, 7) is 1.74. The van der Waals surface area contributed by atoms with Crippen molar-refractivity contribution in [3.05, 3.63) is 17.5 Å². The van der Waals surface area contributed by atoms with Crippen LogP contribution in [-0.4, -0.2) is 16.2 Å². The molecule has 0 bridgehead atoms. The minimum absolute atomic E-state index is 0.105. The number of nitrogens with zero attached hydrogens (tertiary/aromatic N) is 2. The summed E-state index contributed by atoms with van der Waals surface area (Å²) in [4.78, 5) is 8.13. The molecule has 100 valence electrons. The summed E-state index contributed by atoms with van der Waals surface area (Å²) in [5, 5.41) is 0.431. The first-order valence-electron chi connectivity index (χ1n) is 6.32. The number of hydrogen-bond donors (Lipinski definition) is 0. The Hall–Kier alpha value is -0.710. The minimum atomic E-state index is -2.82. The van der Waals surface area contributed by atoms with E-state index in [0.29, 0.717) is 23.7 Å². The molecule has 1 aliphatic rings. The predicted molar refractivity (Wildman–Crippen MR) is 69.0 cm³/mol. The molecule has 1 saturated carbocycles. The van der Waals surface area contributed by atoms with E-state index < -0.39 is 11.8 Å². The van der Waals surface area contributed by atoms with Crippen LogP contribution in [0, 0.1) is 12.8 Å². The summed E-state index contributed by atoms with van der Waals surface area (Å²) in [5.41, 5.74) is 0.506. The highest BCUT2D eigenvalue weighted by Gasteiger charge is 2.43. The van der Waals surface area contributed by atoms with E-state index >= 15 is 0 Å². The number of hydrogen-bond acceptors (Lipinski definition) is 3. The molecule has 0 unspecified atom stereocenters. The summed E-state index contributed by atoms with van der Waals surface area (Å²) >= 11 is 1.30. The average molecular weight is 272 g/mol. The molecule has 0 N–H and O–H groups in total. The zero-order valence-corrected chi connectivity index (χ0v) is 11.6. The fraction of sp³-hybridized carbons (Fsp3) is 0.692. The lowest BCUT2D eigenvalue weighted by atomic mass is 9.83. The second-order valence-electron chi connectivity index (χ2n) is 4.84. The van der Waals surface area contributed by atoms with E-state index in [1.54, 1.807) is 13.2 Å². The third kappa shape index (κ3) is 2.82. The van der Waals surface area contributed by atoms with Crippen LogP contribution in [0.4, 0.5) is 8.78 Å². The molecule has 0 radical (unpaired) electrons. The van der Waals surface area contributed by atoms with Crippen LogP contribution in [0.25, 0.3) is 0 Å². The van der Waals surface area contributed by atoms with Crippen molar-refractivity contribution in [2.24, 2.45) is 5.92 Å². The van der Waals surface area contributed by atoms with Crippen LogP contribution in [-0.2, 0) is 5.92 Å². The zero-order valence-electron chi connectivity index (χ0n) is 10.7. The van der Waals surface area contributed by atoms with Gasteiger partial charge in [-0.1, -0.05) is 31.0 Å². The smallest absolute Gasteiger partial charge is 0.228 e. The van der Waals surface area contributed by atoms with Crippen LogP contribution in [0.15, 0.2) is 11.2 Å². The van der Waals surface area contributed by atoms with Gasteiger partial charge < -0.3 is 0 Å². The molecule has 0 aromatic carbocycles. The van der Waals surface area contributed by atoms with Crippen molar-refractivity contribution in [1.29, 1.82) is 0 Å². The molecule has 0 atom stereocenters. The number of alkyl halides is 2. The van der Waals surface area contributed by atoms with E-state index in [-0.39, 0.29) is 5.69 Å². The predicted octanol–water partition coefficient (Wildman–Crippen LogP) is 4.18. The van der Waals surface area contributed by atoms with Gasteiger partial charge in [-0.15, -0.1) is 0 Å². The topological polar surface area (TPSA) is 25.8 Å². The van der Waals surface area contributed by atoms with Crippen molar-refractivity contribution >= 4 is 11.8 Å². The molecule has 0 spiro atoms. The fourth-order valence-electron chi connectivity index (χ4n) is 2.48. The van der Waals surface area contributed by atoms with Gasteiger partial charge in [-0.3, -0.25) is 0 Å². The summed E-state index contributed by atoms with van der Waals surface area (Å²) in [5.74, 6) is -3.38. The van der Waals surface area contributed by atoms with Gasteiger partial charge in [0.25, 0.3) is 5.92 Å². The average Bonchev–Trinajstić information content (AvgIpc) is 2.39. The maximum Gasteiger partial charge on any atom is 0.292 e. The first kappa shape index (κ1) is 13.7. The molecule has 18 heavy (non-hydrogen) atoms. The lowest BCUT2D eigenvalue weighted by molar-refractivity contribution is -0.0820. The van der Waals surface area contributed by atoms with Gasteiger partial charge >= 0.3 is 0 Å². The van der Waals surface area contributed by atoms with Crippen molar-refractivity contribution in [2.75, 3.05) is 6.26 Å². The molecule has 1 heterocycles. The molecule has 1 aromatic heterocycles. The quantitative estimate of drug-likeness (QED) is 0.610. The van der Waals surface area contributed by atoms with E-state index in [1.165, 1.54) is 17.8 Å². The van der Waals surface area contributed by atoms with E-state index in [9.17, 15) is 8.78 Å². The number of thioether (sulfide) groups is 1. The molecule has 0 saturated heterocycles. The molecular weight excluding hydrogens is 254 g/mol. The molecule has 5 heteroatoms. The van der Waals surface area contributed by atoms with Gasteiger partial charge in [0, 0.05) is 11.6 Å². The number of halogens is 2. The Bertz CT molecular complexity index is 417. The van der Waals surface area contributed by atoms with Crippen LogP contribution in [0.1, 0.15) is 43.5 Å². The second kappa shape index (κ2) is 5.51.